The maximum Gasteiger partial charge on any atom is 0.159 e. The molecule has 0 spiro atoms. The predicted octanol–water partition coefficient (Wildman–Crippen LogP) is 1.43. The molecule has 0 aliphatic rings. The second kappa shape index (κ2) is 3.98. The third kappa shape index (κ3) is 1.85. The van der Waals surface area contributed by atoms with E-state index in [9.17, 15) is 0 Å². The minimum Gasteiger partial charge on any atom is -0.396 e. The molecule has 0 amide bonds. The van der Waals surface area contributed by atoms with Gasteiger partial charge in [0.25, 0.3) is 0 Å². The average molecular weight is 205 g/mol. The highest BCUT2D eigenvalue weighted by Gasteiger charge is 2.07. The van der Waals surface area contributed by atoms with Crippen molar-refractivity contribution >= 4 is 11.2 Å². The molecule has 4 nitrogen and oxygen atoms in total. The fourth-order valence-electron chi connectivity index (χ4n) is 1.72. The Morgan fingerprint density at radius 1 is 1.40 bits per heavy atom. The molecule has 2 rings (SSSR count). The van der Waals surface area contributed by atoms with Gasteiger partial charge in [-0.15, -0.1) is 0 Å². The third-order valence-corrected chi connectivity index (χ3v) is 2.45. The van der Waals surface area contributed by atoms with E-state index in [-0.39, 0.29) is 6.61 Å². The van der Waals surface area contributed by atoms with E-state index in [0.717, 1.165) is 35.5 Å². The number of aliphatic hydroxyl groups is 1. The molecule has 0 aromatic carbocycles. The summed E-state index contributed by atoms with van der Waals surface area (Å²) in [7, 11) is 0. The Kier molecular flexibility index (Phi) is 2.68. The Hall–Kier alpha value is -1.42. The summed E-state index contributed by atoms with van der Waals surface area (Å²) < 4.78 is 2.05. The van der Waals surface area contributed by atoms with E-state index in [1.165, 1.54) is 0 Å². The van der Waals surface area contributed by atoms with Crippen LogP contribution in [-0.2, 0) is 6.54 Å². The van der Waals surface area contributed by atoms with Crippen molar-refractivity contribution in [3.63, 3.8) is 0 Å². The topological polar surface area (TPSA) is 50.9 Å². The molecule has 0 saturated carbocycles. The quantitative estimate of drug-likeness (QED) is 0.824. The highest BCUT2D eigenvalue weighted by atomic mass is 16.3. The van der Waals surface area contributed by atoms with Gasteiger partial charge in [-0.25, -0.2) is 9.97 Å². The van der Waals surface area contributed by atoms with E-state index < -0.39 is 0 Å². The number of pyridine rings is 1. The predicted molar refractivity (Wildman–Crippen MR) is 58.7 cm³/mol. The van der Waals surface area contributed by atoms with Gasteiger partial charge in [-0.1, -0.05) is 0 Å². The summed E-state index contributed by atoms with van der Waals surface area (Å²) in [6.07, 6.45) is 2.58. The fraction of sp³-hybridized carbons (Fsp3) is 0.455. The maximum absolute atomic E-state index is 8.82. The van der Waals surface area contributed by atoms with Crippen molar-refractivity contribution in [3.05, 3.63) is 23.7 Å². The lowest BCUT2D eigenvalue weighted by molar-refractivity contribution is 0.280. The molecule has 2 heterocycles. The summed E-state index contributed by atoms with van der Waals surface area (Å²) in [6, 6.07) is 2.03. The van der Waals surface area contributed by atoms with Gasteiger partial charge in [-0.3, -0.25) is 0 Å². The number of rotatable bonds is 3. The van der Waals surface area contributed by atoms with Crippen molar-refractivity contribution < 1.29 is 5.11 Å². The maximum atomic E-state index is 8.82. The Morgan fingerprint density at radius 3 is 2.93 bits per heavy atom. The number of aliphatic hydroxyl groups excluding tert-OH is 1. The molecule has 2 aromatic rings. The molecule has 0 atom stereocenters. The van der Waals surface area contributed by atoms with Gasteiger partial charge in [-0.05, 0) is 31.9 Å². The summed E-state index contributed by atoms with van der Waals surface area (Å²) in [5, 5.41) is 8.82. The van der Waals surface area contributed by atoms with Crippen LogP contribution < -0.4 is 0 Å². The van der Waals surface area contributed by atoms with Crippen molar-refractivity contribution in [1.29, 1.82) is 0 Å². The van der Waals surface area contributed by atoms with Crippen LogP contribution in [0.2, 0.25) is 0 Å². The Labute approximate surface area is 88.6 Å². The Morgan fingerprint density at radius 2 is 2.20 bits per heavy atom. The first kappa shape index (κ1) is 10.1. The minimum atomic E-state index is 0.199. The monoisotopic (exact) mass is 205 g/mol. The lowest BCUT2D eigenvalue weighted by Crippen LogP contribution is -2.03. The van der Waals surface area contributed by atoms with Crippen LogP contribution in [0, 0.1) is 13.8 Å². The number of aryl methyl sites for hydroxylation is 3. The molecular formula is C11H15N3O. The molecule has 4 heteroatoms. The van der Waals surface area contributed by atoms with Crippen LogP contribution in [0.15, 0.2) is 12.3 Å². The molecule has 0 aliphatic carbocycles. The van der Waals surface area contributed by atoms with E-state index in [1.807, 2.05) is 30.7 Å². The first-order chi connectivity index (χ1) is 7.22. The summed E-state index contributed by atoms with van der Waals surface area (Å²) in [5.74, 6) is 0.955. The first-order valence-electron chi connectivity index (χ1n) is 5.12. The summed E-state index contributed by atoms with van der Waals surface area (Å²) in [5.41, 5.74) is 2.96. The van der Waals surface area contributed by atoms with Crippen LogP contribution in [0.5, 0.6) is 0 Å². The lowest BCUT2D eigenvalue weighted by atomic mass is 10.3. The zero-order chi connectivity index (χ0) is 10.8. The van der Waals surface area contributed by atoms with E-state index in [1.54, 1.807) is 0 Å². The van der Waals surface area contributed by atoms with Crippen molar-refractivity contribution in [1.82, 2.24) is 14.5 Å². The molecule has 0 radical (unpaired) electrons. The van der Waals surface area contributed by atoms with E-state index >= 15 is 0 Å². The first-order valence-corrected chi connectivity index (χ1v) is 5.12. The van der Waals surface area contributed by atoms with Gasteiger partial charge in [0.15, 0.2) is 5.65 Å². The van der Waals surface area contributed by atoms with Crippen LogP contribution in [-0.4, -0.2) is 26.2 Å². The van der Waals surface area contributed by atoms with Gasteiger partial charge in [-0.2, -0.15) is 0 Å². The number of imidazole rings is 1. The largest absolute Gasteiger partial charge is 0.396 e. The van der Waals surface area contributed by atoms with Gasteiger partial charge < -0.3 is 9.67 Å². The molecule has 0 saturated heterocycles. The molecule has 0 unspecified atom stereocenters. The number of nitrogens with zero attached hydrogens (tertiary/aromatic N) is 3. The fourth-order valence-corrected chi connectivity index (χ4v) is 1.72. The third-order valence-electron chi connectivity index (χ3n) is 2.45. The van der Waals surface area contributed by atoms with Crippen molar-refractivity contribution in [2.75, 3.05) is 6.61 Å². The van der Waals surface area contributed by atoms with E-state index in [0.29, 0.717) is 0 Å². The van der Waals surface area contributed by atoms with Crippen molar-refractivity contribution in [2.24, 2.45) is 0 Å². The molecule has 80 valence electrons. The zero-order valence-corrected chi connectivity index (χ0v) is 9.06. The summed E-state index contributed by atoms with van der Waals surface area (Å²) in [4.78, 5) is 8.82. The van der Waals surface area contributed by atoms with Crippen molar-refractivity contribution in [3.8, 4) is 0 Å². The molecule has 0 aliphatic heterocycles. The van der Waals surface area contributed by atoms with Crippen LogP contribution in [0.3, 0.4) is 0 Å². The molecule has 1 N–H and O–H groups in total. The lowest BCUT2D eigenvalue weighted by Gasteiger charge is -2.03. The molecule has 0 bridgehead atoms. The Balaban J connectivity index is 2.48. The summed E-state index contributed by atoms with van der Waals surface area (Å²) >= 11 is 0. The highest BCUT2D eigenvalue weighted by molar-refractivity contribution is 5.72. The molecule has 0 fully saturated rings. The van der Waals surface area contributed by atoms with Crippen LogP contribution in [0.25, 0.3) is 11.2 Å². The SMILES string of the molecule is Cc1cnc2c(c1)nc(C)n2CCCO. The summed E-state index contributed by atoms with van der Waals surface area (Å²) in [6.45, 7) is 4.95. The van der Waals surface area contributed by atoms with Crippen molar-refractivity contribution in [2.45, 2.75) is 26.8 Å². The van der Waals surface area contributed by atoms with Gasteiger partial charge in [0.1, 0.15) is 11.3 Å². The smallest absolute Gasteiger partial charge is 0.159 e. The van der Waals surface area contributed by atoms with Gasteiger partial charge >= 0.3 is 0 Å². The van der Waals surface area contributed by atoms with Gasteiger partial charge in [0.2, 0.25) is 0 Å². The molecule has 15 heavy (non-hydrogen) atoms. The van der Waals surface area contributed by atoms with Gasteiger partial charge in [0.05, 0.1) is 0 Å². The second-order valence-electron chi connectivity index (χ2n) is 3.74. The molecule has 2 aromatic heterocycles. The van der Waals surface area contributed by atoms with Gasteiger partial charge in [0, 0.05) is 19.3 Å². The van der Waals surface area contributed by atoms with E-state index in [4.69, 9.17) is 5.11 Å². The number of hydrogen-bond donors (Lipinski definition) is 1. The normalized spacial score (nSPS) is 11.1. The minimum absolute atomic E-state index is 0.199. The number of aromatic nitrogens is 3. The standard InChI is InChI=1S/C11H15N3O/c1-8-6-10-11(12-7-8)14(4-3-5-15)9(2)13-10/h6-7,15H,3-5H2,1-2H3. The van der Waals surface area contributed by atoms with Crippen LogP contribution in [0.1, 0.15) is 17.8 Å². The van der Waals surface area contributed by atoms with E-state index in [2.05, 4.69) is 9.97 Å². The highest BCUT2D eigenvalue weighted by Crippen LogP contribution is 2.14. The Bertz CT molecular complexity index is 476. The second-order valence-corrected chi connectivity index (χ2v) is 3.74. The van der Waals surface area contributed by atoms with Crippen LogP contribution in [0.4, 0.5) is 0 Å². The average Bonchev–Trinajstić information content (AvgIpc) is 2.50. The number of fused-ring (bicyclic) bond motifs is 1. The van der Waals surface area contributed by atoms with Crippen LogP contribution >= 0.6 is 0 Å². The zero-order valence-electron chi connectivity index (χ0n) is 9.06. The number of hydrogen-bond acceptors (Lipinski definition) is 3. The molecular weight excluding hydrogens is 190 g/mol.